The van der Waals surface area contributed by atoms with Crippen molar-refractivity contribution in [2.75, 3.05) is 36.9 Å². The van der Waals surface area contributed by atoms with Crippen LogP contribution in [0.1, 0.15) is 24.8 Å². The van der Waals surface area contributed by atoms with Crippen molar-refractivity contribution >= 4 is 17.4 Å². The lowest BCUT2D eigenvalue weighted by molar-refractivity contribution is 0.200. The van der Waals surface area contributed by atoms with Crippen molar-refractivity contribution in [3.63, 3.8) is 0 Å². The third-order valence-corrected chi connectivity index (χ3v) is 4.78. The van der Waals surface area contributed by atoms with E-state index >= 15 is 0 Å². The highest BCUT2D eigenvalue weighted by atomic mass is 16.2. The number of benzene rings is 2. The Kier molecular flexibility index (Phi) is 5.94. The Bertz CT molecular complexity index is 663. The molecule has 25 heavy (non-hydrogen) atoms. The van der Waals surface area contributed by atoms with Crippen molar-refractivity contribution < 1.29 is 4.79 Å². The number of urea groups is 1. The lowest BCUT2D eigenvalue weighted by Gasteiger charge is -2.27. The number of nitrogens with one attached hydrogen (secondary N) is 1. The molecule has 132 valence electrons. The highest BCUT2D eigenvalue weighted by Gasteiger charge is 2.16. The summed E-state index contributed by atoms with van der Waals surface area (Å²) in [5, 5.41) is 3.00. The van der Waals surface area contributed by atoms with E-state index in [4.69, 9.17) is 0 Å². The van der Waals surface area contributed by atoms with Crippen LogP contribution in [0.15, 0.2) is 54.6 Å². The van der Waals surface area contributed by atoms with Gasteiger partial charge in [0.1, 0.15) is 0 Å². The van der Waals surface area contributed by atoms with Gasteiger partial charge in [-0.2, -0.15) is 0 Å². The van der Waals surface area contributed by atoms with E-state index in [1.807, 2.05) is 23.1 Å². The van der Waals surface area contributed by atoms with Crippen molar-refractivity contribution in [1.29, 1.82) is 0 Å². The molecule has 4 heteroatoms. The molecule has 0 saturated carbocycles. The SMILES string of the molecule is CN(CCc1ccccc1)c1ccc(NC(=O)N2CCCCC2)cc1. The number of nitrogens with zero attached hydrogens (tertiary/aromatic N) is 2. The zero-order valence-corrected chi connectivity index (χ0v) is 14.9. The molecule has 1 heterocycles. The van der Waals surface area contributed by atoms with Crippen molar-refractivity contribution in [3.8, 4) is 0 Å². The number of likely N-dealkylation sites (N-methyl/N-ethyl adjacent to an activating group) is 1. The maximum Gasteiger partial charge on any atom is 0.321 e. The molecule has 1 fully saturated rings. The first kappa shape index (κ1) is 17.3. The summed E-state index contributed by atoms with van der Waals surface area (Å²) in [5.41, 5.74) is 3.36. The van der Waals surface area contributed by atoms with Crippen molar-refractivity contribution in [1.82, 2.24) is 4.90 Å². The average Bonchev–Trinajstić information content (AvgIpc) is 2.68. The number of anilines is 2. The molecule has 0 atom stereocenters. The molecule has 0 unspecified atom stereocenters. The summed E-state index contributed by atoms with van der Waals surface area (Å²) in [6.07, 6.45) is 4.47. The summed E-state index contributed by atoms with van der Waals surface area (Å²) in [5.74, 6) is 0. The Morgan fingerprint density at radius 2 is 1.68 bits per heavy atom. The molecule has 1 saturated heterocycles. The monoisotopic (exact) mass is 337 g/mol. The van der Waals surface area contributed by atoms with Crippen LogP contribution in [-0.2, 0) is 6.42 Å². The fourth-order valence-electron chi connectivity index (χ4n) is 3.17. The lowest BCUT2D eigenvalue weighted by Crippen LogP contribution is -2.38. The summed E-state index contributed by atoms with van der Waals surface area (Å²) in [7, 11) is 2.10. The van der Waals surface area contributed by atoms with Gasteiger partial charge in [0.25, 0.3) is 0 Å². The van der Waals surface area contributed by atoms with E-state index in [0.29, 0.717) is 0 Å². The number of carbonyl (C=O) groups excluding carboxylic acids is 1. The zero-order chi connectivity index (χ0) is 17.5. The molecule has 0 aliphatic carbocycles. The van der Waals surface area contributed by atoms with Crippen molar-refractivity contribution in [3.05, 3.63) is 60.2 Å². The van der Waals surface area contributed by atoms with Crippen LogP contribution in [0, 0.1) is 0 Å². The molecule has 0 aromatic heterocycles. The number of hydrogen-bond acceptors (Lipinski definition) is 2. The summed E-state index contributed by atoms with van der Waals surface area (Å²) in [6.45, 7) is 2.70. The third kappa shape index (κ3) is 4.99. The van der Waals surface area contributed by atoms with E-state index in [1.54, 1.807) is 0 Å². The zero-order valence-electron chi connectivity index (χ0n) is 14.9. The quantitative estimate of drug-likeness (QED) is 0.878. The van der Waals surface area contributed by atoms with Gasteiger partial charge in [-0.05, 0) is 55.5 Å². The third-order valence-electron chi connectivity index (χ3n) is 4.78. The van der Waals surface area contributed by atoms with Gasteiger partial charge < -0.3 is 15.1 Å². The number of hydrogen-bond donors (Lipinski definition) is 1. The highest BCUT2D eigenvalue weighted by Crippen LogP contribution is 2.18. The predicted molar refractivity (Wildman–Crippen MR) is 104 cm³/mol. The Labute approximate surface area is 150 Å². The molecule has 0 radical (unpaired) electrons. The van der Waals surface area contributed by atoms with Gasteiger partial charge in [-0.25, -0.2) is 4.79 Å². The fourth-order valence-corrected chi connectivity index (χ4v) is 3.17. The van der Waals surface area contributed by atoms with Crippen LogP contribution in [0.4, 0.5) is 16.2 Å². The van der Waals surface area contributed by atoms with Crippen LogP contribution >= 0.6 is 0 Å². The van der Waals surface area contributed by atoms with Crippen LogP contribution in [0.3, 0.4) is 0 Å². The van der Waals surface area contributed by atoms with E-state index in [-0.39, 0.29) is 6.03 Å². The molecular formula is C21H27N3O. The van der Waals surface area contributed by atoms with Crippen LogP contribution in [0.25, 0.3) is 0 Å². The predicted octanol–water partition coefficient (Wildman–Crippen LogP) is 4.38. The van der Waals surface area contributed by atoms with Crippen molar-refractivity contribution in [2.24, 2.45) is 0 Å². The van der Waals surface area contributed by atoms with E-state index in [0.717, 1.165) is 50.3 Å². The first-order chi connectivity index (χ1) is 12.2. The van der Waals surface area contributed by atoms with E-state index in [9.17, 15) is 4.79 Å². The van der Waals surface area contributed by atoms with Crippen LogP contribution in [-0.4, -0.2) is 37.6 Å². The maximum atomic E-state index is 12.3. The maximum absolute atomic E-state index is 12.3. The van der Waals surface area contributed by atoms with Gasteiger partial charge in [-0.15, -0.1) is 0 Å². The standard InChI is InChI=1S/C21H27N3O/c1-23(17-14-18-8-4-2-5-9-18)20-12-10-19(11-13-20)22-21(25)24-15-6-3-7-16-24/h2,4-5,8-13H,3,6-7,14-17H2,1H3,(H,22,25). The Morgan fingerprint density at radius 1 is 1.00 bits per heavy atom. The molecule has 1 aliphatic rings. The number of likely N-dealkylation sites (tertiary alicyclic amines) is 1. The van der Waals surface area contributed by atoms with Gasteiger partial charge in [0.05, 0.1) is 0 Å². The number of carbonyl (C=O) groups is 1. The lowest BCUT2D eigenvalue weighted by atomic mass is 10.1. The molecular weight excluding hydrogens is 310 g/mol. The second-order valence-electron chi connectivity index (χ2n) is 6.68. The van der Waals surface area contributed by atoms with Crippen LogP contribution in [0.5, 0.6) is 0 Å². The average molecular weight is 337 g/mol. The summed E-state index contributed by atoms with van der Waals surface area (Å²) >= 11 is 0. The summed E-state index contributed by atoms with van der Waals surface area (Å²) in [6, 6.07) is 18.6. The molecule has 2 aromatic carbocycles. The van der Waals surface area contributed by atoms with Gasteiger partial charge in [0.15, 0.2) is 0 Å². The molecule has 1 aliphatic heterocycles. The topological polar surface area (TPSA) is 35.6 Å². The molecule has 4 nitrogen and oxygen atoms in total. The van der Waals surface area contributed by atoms with Crippen molar-refractivity contribution in [2.45, 2.75) is 25.7 Å². The molecule has 3 rings (SSSR count). The normalized spacial score (nSPS) is 14.2. The summed E-state index contributed by atoms with van der Waals surface area (Å²) < 4.78 is 0. The van der Waals surface area contributed by atoms with E-state index < -0.39 is 0 Å². The van der Waals surface area contributed by atoms with Crippen LogP contribution in [0.2, 0.25) is 0 Å². The molecule has 2 aromatic rings. The Morgan fingerprint density at radius 3 is 2.36 bits per heavy atom. The molecule has 1 N–H and O–H groups in total. The minimum atomic E-state index is 0.0184. The van der Waals surface area contributed by atoms with Gasteiger partial charge in [-0.1, -0.05) is 30.3 Å². The number of amides is 2. The minimum Gasteiger partial charge on any atom is -0.374 e. The first-order valence-electron chi connectivity index (χ1n) is 9.13. The largest absolute Gasteiger partial charge is 0.374 e. The van der Waals surface area contributed by atoms with Gasteiger partial charge >= 0.3 is 6.03 Å². The first-order valence-corrected chi connectivity index (χ1v) is 9.13. The molecule has 0 bridgehead atoms. The van der Waals surface area contributed by atoms with Crippen LogP contribution < -0.4 is 10.2 Å². The second-order valence-corrected chi connectivity index (χ2v) is 6.68. The Hall–Kier alpha value is -2.49. The Balaban J connectivity index is 1.51. The highest BCUT2D eigenvalue weighted by molar-refractivity contribution is 5.89. The van der Waals surface area contributed by atoms with E-state index in [1.165, 1.54) is 12.0 Å². The van der Waals surface area contributed by atoms with Gasteiger partial charge in [-0.3, -0.25) is 0 Å². The number of piperidine rings is 1. The minimum absolute atomic E-state index is 0.0184. The van der Waals surface area contributed by atoms with Gasteiger partial charge in [0.2, 0.25) is 0 Å². The fraction of sp³-hybridized carbons (Fsp3) is 0.381. The smallest absolute Gasteiger partial charge is 0.321 e. The number of rotatable bonds is 5. The van der Waals surface area contributed by atoms with Gasteiger partial charge in [0, 0.05) is 38.1 Å². The van der Waals surface area contributed by atoms with E-state index in [2.05, 4.69) is 53.7 Å². The second kappa shape index (κ2) is 8.56. The molecule has 2 amide bonds. The summed E-state index contributed by atoms with van der Waals surface area (Å²) in [4.78, 5) is 16.4. The molecule has 0 spiro atoms.